The molecule has 6 heteroatoms. The van der Waals surface area contributed by atoms with Gasteiger partial charge in [0.2, 0.25) is 0 Å². The Kier molecular flexibility index (Phi) is 3.93. The van der Waals surface area contributed by atoms with Crippen LogP contribution in [0.15, 0.2) is 14.3 Å². The van der Waals surface area contributed by atoms with Crippen molar-refractivity contribution in [2.45, 2.75) is 39.8 Å². The third-order valence-corrected chi connectivity index (χ3v) is 7.49. The van der Waals surface area contributed by atoms with Crippen molar-refractivity contribution in [3.63, 3.8) is 0 Å². The Bertz CT molecular complexity index is 489. The molecule has 1 aliphatic carbocycles. The predicted molar refractivity (Wildman–Crippen MR) is 86.5 cm³/mol. The van der Waals surface area contributed by atoms with Gasteiger partial charge in [0.1, 0.15) is 0 Å². The van der Waals surface area contributed by atoms with Crippen LogP contribution in [0.2, 0.25) is 0 Å². The van der Waals surface area contributed by atoms with Gasteiger partial charge in [0, 0.05) is 27.4 Å². The fraction of sp³-hybridized carbons (Fsp3) is 0.615. The van der Waals surface area contributed by atoms with Gasteiger partial charge in [-0.15, -0.1) is 11.3 Å². The van der Waals surface area contributed by atoms with E-state index in [-0.39, 0.29) is 28.8 Å². The molecular formula is C13H18Br2N2OS. The maximum absolute atomic E-state index is 12.3. The highest BCUT2D eigenvalue weighted by Gasteiger charge is 2.60. The highest BCUT2D eigenvalue weighted by molar-refractivity contribution is 9.13. The standard InChI is InChI=1S/C13H18Br2N2OS/c1-12(2)10(16)13(3,4)11(12)17-9(18)7-5-6(14)8(15)19-7/h5,10-11H,16H2,1-4H3,(H,17,18). The number of hydrogen-bond acceptors (Lipinski definition) is 3. The van der Waals surface area contributed by atoms with Gasteiger partial charge in [-0.25, -0.2) is 0 Å². The lowest BCUT2D eigenvalue weighted by molar-refractivity contribution is -0.0663. The van der Waals surface area contributed by atoms with Gasteiger partial charge in [-0.3, -0.25) is 4.79 Å². The predicted octanol–water partition coefficient (Wildman–Crippen LogP) is 3.76. The van der Waals surface area contributed by atoms with Crippen LogP contribution in [-0.2, 0) is 0 Å². The Balaban J connectivity index is 2.16. The van der Waals surface area contributed by atoms with Gasteiger partial charge in [-0.05, 0) is 37.9 Å². The third kappa shape index (κ3) is 2.41. The van der Waals surface area contributed by atoms with Crippen LogP contribution >= 0.6 is 43.2 Å². The quantitative estimate of drug-likeness (QED) is 0.780. The Morgan fingerprint density at radius 3 is 2.26 bits per heavy atom. The monoisotopic (exact) mass is 408 g/mol. The summed E-state index contributed by atoms with van der Waals surface area (Å²) >= 11 is 8.23. The molecule has 0 saturated heterocycles. The van der Waals surface area contributed by atoms with Crippen LogP contribution in [0.1, 0.15) is 37.4 Å². The van der Waals surface area contributed by atoms with Crippen LogP contribution in [0.25, 0.3) is 0 Å². The first kappa shape index (κ1) is 15.5. The number of nitrogens with one attached hydrogen (secondary N) is 1. The van der Waals surface area contributed by atoms with E-state index in [9.17, 15) is 4.79 Å². The van der Waals surface area contributed by atoms with Gasteiger partial charge in [-0.2, -0.15) is 0 Å². The molecule has 1 aromatic rings. The Labute approximate surface area is 134 Å². The van der Waals surface area contributed by atoms with Crippen LogP contribution in [0.4, 0.5) is 0 Å². The number of nitrogens with two attached hydrogens (primary N) is 1. The van der Waals surface area contributed by atoms with Crippen LogP contribution in [0, 0.1) is 10.8 Å². The minimum absolute atomic E-state index is 0.0329. The van der Waals surface area contributed by atoms with Crippen molar-refractivity contribution >= 4 is 49.1 Å². The van der Waals surface area contributed by atoms with E-state index in [2.05, 4.69) is 64.9 Å². The summed E-state index contributed by atoms with van der Waals surface area (Å²) < 4.78 is 1.84. The minimum atomic E-state index is -0.0785. The topological polar surface area (TPSA) is 55.1 Å². The fourth-order valence-electron chi connectivity index (χ4n) is 3.21. The summed E-state index contributed by atoms with van der Waals surface area (Å²) in [7, 11) is 0. The van der Waals surface area contributed by atoms with Crippen LogP contribution in [0.5, 0.6) is 0 Å². The number of rotatable bonds is 2. The Hall–Kier alpha value is 0.0900. The molecule has 3 nitrogen and oxygen atoms in total. The smallest absolute Gasteiger partial charge is 0.261 e. The SMILES string of the molecule is CC1(C)C(N)C(C)(C)C1NC(=O)c1cc(Br)c(Br)s1. The molecule has 1 saturated carbocycles. The largest absolute Gasteiger partial charge is 0.347 e. The molecule has 0 radical (unpaired) electrons. The fourth-order valence-corrected chi connectivity index (χ4v) is 5.15. The van der Waals surface area contributed by atoms with E-state index in [0.717, 1.165) is 8.26 Å². The molecule has 19 heavy (non-hydrogen) atoms. The molecule has 1 aromatic heterocycles. The van der Waals surface area contributed by atoms with E-state index in [1.807, 2.05) is 6.07 Å². The molecule has 1 fully saturated rings. The number of halogens is 2. The lowest BCUT2D eigenvalue weighted by Crippen LogP contribution is -2.76. The number of hydrogen-bond donors (Lipinski definition) is 2. The molecule has 1 amide bonds. The first-order valence-corrected chi connectivity index (χ1v) is 8.50. The molecule has 2 rings (SSSR count). The van der Waals surface area contributed by atoms with Crippen molar-refractivity contribution < 1.29 is 4.79 Å². The second kappa shape index (κ2) is 4.83. The summed E-state index contributed by atoms with van der Waals surface area (Å²) in [6, 6.07) is 2.01. The number of carbonyl (C=O) groups is 1. The van der Waals surface area contributed by atoms with Gasteiger partial charge in [-0.1, -0.05) is 27.7 Å². The second-order valence-corrected chi connectivity index (χ2v) is 9.48. The second-order valence-electron chi connectivity index (χ2n) is 6.26. The minimum Gasteiger partial charge on any atom is -0.347 e. The van der Waals surface area contributed by atoms with Crippen molar-refractivity contribution in [3.8, 4) is 0 Å². The zero-order valence-electron chi connectivity index (χ0n) is 11.4. The molecule has 3 N–H and O–H groups in total. The van der Waals surface area contributed by atoms with E-state index in [0.29, 0.717) is 4.88 Å². The summed E-state index contributed by atoms with van der Waals surface area (Å²) in [5.41, 5.74) is 6.05. The Morgan fingerprint density at radius 1 is 1.32 bits per heavy atom. The molecule has 0 aliphatic heterocycles. The van der Waals surface area contributed by atoms with Gasteiger partial charge in [0.25, 0.3) is 5.91 Å². The van der Waals surface area contributed by atoms with E-state index in [1.165, 1.54) is 11.3 Å². The lowest BCUT2D eigenvalue weighted by atomic mass is 9.48. The van der Waals surface area contributed by atoms with Crippen molar-refractivity contribution in [1.29, 1.82) is 0 Å². The van der Waals surface area contributed by atoms with Crippen LogP contribution in [-0.4, -0.2) is 18.0 Å². The summed E-state index contributed by atoms with van der Waals surface area (Å²) in [4.78, 5) is 13.0. The molecule has 0 spiro atoms. The third-order valence-electron chi connectivity index (χ3n) is 4.24. The summed E-state index contributed by atoms with van der Waals surface area (Å²) in [6.07, 6.45) is 0. The van der Waals surface area contributed by atoms with Crippen molar-refractivity contribution in [2.75, 3.05) is 0 Å². The van der Waals surface area contributed by atoms with E-state index in [4.69, 9.17) is 5.73 Å². The zero-order valence-corrected chi connectivity index (χ0v) is 15.4. The maximum atomic E-state index is 12.3. The summed E-state index contributed by atoms with van der Waals surface area (Å²) in [6.45, 7) is 8.42. The van der Waals surface area contributed by atoms with Crippen molar-refractivity contribution in [3.05, 3.63) is 19.2 Å². The summed E-state index contributed by atoms with van der Waals surface area (Å²) in [5.74, 6) is -0.0329. The Morgan fingerprint density at radius 2 is 1.84 bits per heavy atom. The van der Waals surface area contributed by atoms with Crippen molar-refractivity contribution in [1.82, 2.24) is 5.32 Å². The zero-order chi connectivity index (χ0) is 14.6. The van der Waals surface area contributed by atoms with E-state index >= 15 is 0 Å². The van der Waals surface area contributed by atoms with Gasteiger partial charge in [0.15, 0.2) is 0 Å². The van der Waals surface area contributed by atoms with Gasteiger partial charge < -0.3 is 11.1 Å². The van der Waals surface area contributed by atoms with Crippen LogP contribution in [0.3, 0.4) is 0 Å². The normalized spacial score (nSPS) is 27.7. The molecule has 1 heterocycles. The first-order chi connectivity index (χ1) is 8.58. The summed E-state index contributed by atoms with van der Waals surface area (Å²) in [5, 5.41) is 3.13. The molecule has 0 atom stereocenters. The molecular weight excluding hydrogens is 392 g/mol. The first-order valence-electron chi connectivity index (χ1n) is 6.09. The van der Waals surface area contributed by atoms with E-state index in [1.54, 1.807) is 0 Å². The van der Waals surface area contributed by atoms with Gasteiger partial charge >= 0.3 is 0 Å². The average molecular weight is 410 g/mol. The number of amides is 1. The average Bonchev–Trinajstić information content (AvgIpc) is 2.65. The number of carbonyl (C=O) groups excluding carboxylic acids is 1. The number of thiophene rings is 1. The molecule has 1 aliphatic rings. The molecule has 0 unspecified atom stereocenters. The van der Waals surface area contributed by atoms with E-state index < -0.39 is 0 Å². The van der Waals surface area contributed by atoms with Crippen LogP contribution < -0.4 is 11.1 Å². The van der Waals surface area contributed by atoms with Crippen molar-refractivity contribution in [2.24, 2.45) is 16.6 Å². The van der Waals surface area contributed by atoms with Gasteiger partial charge in [0.05, 0.1) is 8.66 Å². The highest BCUT2D eigenvalue weighted by atomic mass is 79.9. The lowest BCUT2D eigenvalue weighted by Gasteiger charge is -2.62. The molecule has 0 bridgehead atoms. The highest BCUT2D eigenvalue weighted by Crippen LogP contribution is 2.52. The molecule has 0 aromatic carbocycles. The maximum Gasteiger partial charge on any atom is 0.261 e. The molecule has 106 valence electrons.